The van der Waals surface area contributed by atoms with Gasteiger partial charge < -0.3 is 24.1 Å². The number of carbonyl (C=O) groups excluding carboxylic acids is 2. The van der Waals surface area contributed by atoms with Crippen LogP contribution in [0.15, 0.2) is 46.4 Å². The molecule has 1 amide bonds. The Bertz CT molecular complexity index is 959. The second-order valence-electron chi connectivity index (χ2n) is 7.97. The Kier molecular flexibility index (Phi) is 7.17. The van der Waals surface area contributed by atoms with Crippen molar-refractivity contribution in [1.82, 2.24) is 9.80 Å². The highest BCUT2D eigenvalue weighted by atomic mass is 16.5. The van der Waals surface area contributed by atoms with Crippen molar-refractivity contribution in [3.8, 4) is 5.75 Å². The van der Waals surface area contributed by atoms with Crippen molar-refractivity contribution in [1.29, 1.82) is 0 Å². The van der Waals surface area contributed by atoms with Crippen LogP contribution < -0.4 is 4.74 Å². The lowest BCUT2D eigenvalue weighted by Gasteiger charge is -2.24. The molecule has 1 fully saturated rings. The molecule has 3 rings (SSSR count). The molecule has 2 aromatic rings. The Labute approximate surface area is 182 Å². The van der Waals surface area contributed by atoms with Gasteiger partial charge in [-0.1, -0.05) is 6.92 Å². The van der Waals surface area contributed by atoms with Crippen molar-refractivity contribution in [3.63, 3.8) is 0 Å². The van der Waals surface area contributed by atoms with Crippen molar-refractivity contribution in [2.45, 2.75) is 32.7 Å². The van der Waals surface area contributed by atoms with E-state index in [4.69, 9.17) is 9.15 Å². The third-order valence-corrected chi connectivity index (χ3v) is 5.18. The Hall–Kier alpha value is -3.06. The van der Waals surface area contributed by atoms with Crippen LogP contribution in [-0.4, -0.2) is 60.4 Å². The van der Waals surface area contributed by atoms with Crippen molar-refractivity contribution in [3.05, 3.63) is 59.1 Å². The zero-order valence-corrected chi connectivity index (χ0v) is 18.6. The number of hydrogen-bond donors (Lipinski definition) is 1. The number of furan rings is 1. The molecule has 1 atom stereocenters. The van der Waals surface area contributed by atoms with Gasteiger partial charge in [-0.2, -0.15) is 0 Å². The van der Waals surface area contributed by atoms with Crippen molar-refractivity contribution in [2.75, 3.05) is 33.8 Å². The second kappa shape index (κ2) is 9.83. The smallest absolute Gasteiger partial charge is 0.295 e. The first kappa shape index (κ1) is 22.6. The van der Waals surface area contributed by atoms with E-state index < -0.39 is 17.7 Å². The van der Waals surface area contributed by atoms with E-state index in [2.05, 4.69) is 0 Å². The summed E-state index contributed by atoms with van der Waals surface area (Å²) in [6.45, 7) is 5.58. The molecule has 1 saturated heterocycles. The molecule has 0 saturated carbocycles. The lowest BCUT2D eigenvalue weighted by molar-refractivity contribution is -0.140. The van der Waals surface area contributed by atoms with E-state index in [0.717, 1.165) is 13.0 Å². The molecular formula is C24H30N2O5. The van der Waals surface area contributed by atoms with Crippen LogP contribution in [0.5, 0.6) is 5.75 Å². The van der Waals surface area contributed by atoms with E-state index in [1.54, 1.807) is 43.3 Å². The molecule has 0 spiro atoms. The molecule has 166 valence electrons. The number of aryl methyl sites for hydroxylation is 1. The predicted octanol–water partition coefficient (Wildman–Crippen LogP) is 3.75. The normalized spacial score (nSPS) is 18.2. The van der Waals surface area contributed by atoms with Gasteiger partial charge >= 0.3 is 0 Å². The average Bonchev–Trinajstić information content (AvgIpc) is 3.28. The Balaban J connectivity index is 1.98. The number of aliphatic hydroxyl groups excluding tert-OH is 1. The van der Waals surface area contributed by atoms with E-state index in [9.17, 15) is 14.7 Å². The highest BCUT2D eigenvalue weighted by Gasteiger charge is 2.47. The number of ether oxygens (including phenoxy) is 1. The van der Waals surface area contributed by atoms with Gasteiger partial charge in [0.1, 0.15) is 29.1 Å². The van der Waals surface area contributed by atoms with Gasteiger partial charge in [-0.15, -0.1) is 0 Å². The molecule has 0 bridgehead atoms. The summed E-state index contributed by atoms with van der Waals surface area (Å²) in [4.78, 5) is 29.3. The number of rotatable bonds is 9. The lowest BCUT2D eigenvalue weighted by Crippen LogP contribution is -2.32. The van der Waals surface area contributed by atoms with Crippen LogP contribution in [0.25, 0.3) is 5.76 Å². The number of ketones is 1. The number of hydrogen-bond acceptors (Lipinski definition) is 6. The summed E-state index contributed by atoms with van der Waals surface area (Å²) in [5.74, 6) is 0.280. The Morgan fingerprint density at radius 1 is 1.16 bits per heavy atom. The summed E-state index contributed by atoms with van der Waals surface area (Å²) >= 11 is 0. The Morgan fingerprint density at radius 2 is 1.87 bits per heavy atom. The van der Waals surface area contributed by atoms with Gasteiger partial charge in [-0.05, 0) is 76.8 Å². The number of nitrogens with zero attached hydrogens (tertiary/aromatic N) is 2. The minimum Gasteiger partial charge on any atom is -0.507 e. The van der Waals surface area contributed by atoms with Crippen molar-refractivity contribution >= 4 is 17.4 Å². The van der Waals surface area contributed by atoms with Crippen molar-refractivity contribution in [2.24, 2.45) is 0 Å². The van der Waals surface area contributed by atoms with Crippen LogP contribution in [0.1, 0.15) is 42.9 Å². The number of benzene rings is 1. The molecule has 2 heterocycles. The van der Waals surface area contributed by atoms with Crippen LogP contribution in [0.3, 0.4) is 0 Å². The molecule has 1 aromatic carbocycles. The SMILES string of the molecule is CCCOc1ccc(C(O)=C2C(=O)C(=O)N(CCCN(C)C)[C@@H]2c2ccc(C)o2)cc1. The molecule has 1 aliphatic heterocycles. The van der Waals surface area contributed by atoms with E-state index in [1.807, 2.05) is 25.9 Å². The van der Waals surface area contributed by atoms with Crippen LogP contribution in [0.2, 0.25) is 0 Å². The lowest BCUT2D eigenvalue weighted by atomic mass is 9.99. The van der Waals surface area contributed by atoms with Gasteiger partial charge in [0, 0.05) is 12.1 Å². The fraction of sp³-hybridized carbons (Fsp3) is 0.417. The summed E-state index contributed by atoms with van der Waals surface area (Å²) in [7, 11) is 3.91. The zero-order valence-electron chi connectivity index (χ0n) is 18.6. The minimum absolute atomic E-state index is 0.0476. The average molecular weight is 427 g/mol. The fourth-order valence-corrected chi connectivity index (χ4v) is 3.65. The van der Waals surface area contributed by atoms with Crippen LogP contribution in [-0.2, 0) is 9.59 Å². The summed E-state index contributed by atoms with van der Waals surface area (Å²) in [6.07, 6.45) is 1.58. The molecule has 0 radical (unpaired) electrons. The van der Waals surface area contributed by atoms with Crippen LogP contribution >= 0.6 is 0 Å². The molecule has 1 aliphatic rings. The van der Waals surface area contributed by atoms with Crippen LogP contribution in [0, 0.1) is 6.92 Å². The third-order valence-electron chi connectivity index (χ3n) is 5.18. The number of amides is 1. The fourth-order valence-electron chi connectivity index (χ4n) is 3.65. The standard InChI is InChI=1S/C24H30N2O5/c1-5-15-30-18-10-8-17(9-11-18)22(27)20-21(19-12-7-16(2)31-19)26(24(29)23(20)28)14-6-13-25(3)4/h7-12,21,27H,5-6,13-15H2,1-4H3/t21-/m1/s1. The highest BCUT2D eigenvalue weighted by molar-refractivity contribution is 6.46. The van der Waals surface area contributed by atoms with E-state index in [-0.39, 0.29) is 11.3 Å². The maximum Gasteiger partial charge on any atom is 0.295 e. The maximum absolute atomic E-state index is 12.9. The maximum atomic E-state index is 12.9. The minimum atomic E-state index is -0.758. The van der Waals surface area contributed by atoms with Gasteiger partial charge in [0.2, 0.25) is 0 Å². The topological polar surface area (TPSA) is 83.2 Å². The highest BCUT2D eigenvalue weighted by Crippen LogP contribution is 2.40. The summed E-state index contributed by atoms with van der Waals surface area (Å²) in [6, 6.07) is 9.63. The number of Topliss-reactive ketones (excluding diaryl/α,β-unsaturated/α-hetero) is 1. The first-order valence-electron chi connectivity index (χ1n) is 10.6. The van der Waals surface area contributed by atoms with E-state index in [0.29, 0.717) is 42.4 Å². The number of aliphatic hydroxyl groups is 1. The predicted molar refractivity (Wildman–Crippen MR) is 118 cm³/mol. The summed E-state index contributed by atoms with van der Waals surface area (Å²) in [5.41, 5.74) is 0.495. The third kappa shape index (κ3) is 4.99. The monoisotopic (exact) mass is 426 g/mol. The molecule has 7 heteroatoms. The largest absolute Gasteiger partial charge is 0.507 e. The second-order valence-corrected chi connectivity index (χ2v) is 7.97. The molecule has 0 unspecified atom stereocenters. The van der Waals surface area contributed by atoms with E-state index in [1.165, 1.54) is 4.90 Å². The molecule has 31 heavy (non-hydrogen) atoms. The van der Waals surface area contributed by atoms with Gasteiger partial charge in [0.05, 0.1) is 12.2 Å². The van der Waals surface area contributed by atoms with Gasteiger partial charge in [-0.25, -0.2) is 0 Å². The van der Waals surface area contributed by atoms with Crippen molar-refractivity contribution < 1.29 is 23.8 Å². The number of likely N-dealkylation sites (tertiary alicyclic amines) is 1. The molecule has 1 aromatic heterocycles. The quantitative estimate of drug-likeness (QED) is 0.374. The number of carbonyl (C=O) groups is 2. The zero-order chi connectivity index (χ0) is 22.5. The summed E-state index contributed by atoms with van der Waals surface area (Å²) < 4.78 is 11.4. The summed E-state index contributed by atoms with van der Waals surface area (Å²) in [5, 5.41) is 11.0. The van der Waals surface area contributed by atoms with Gasteiger partial charge in [0.15, 0.2) is 0 Å². The molecule has 0 aliphatic carbocycles. The molecular weight excluding hydrogens is 396 g/mol. The molecule has 7 nitrogen and oxygen atoms in total. The van der Waals surface area contributed by atoms with E-state index >= 15 is 0 Å². The first-order chi connectivity index (χ1) is 14.8. The van der Waals surface area contributed by atoms with Gasteiger partial charge in [-0.3, -0.25) is 9.59 Å². The van der Waals surface area contributed by atoms with Crippen LogP contribution in [0.4, 0.5) is 0 Å². The van der Waals surface area contributed by atoms with Gasteiger partial charge in [0.25, 0.3) is 11.7 Å². The first-order valence-corrected chi connectivity index (χ1v) is 10.6. The molecule has 1 N–H and O–H groups in total. The Morgan fingerprint density at radius 3 is 2.45 bits per heavy atom.